The summed E-state index contributed by atoms with van der Waals surface area (Å²) in [5, 5.41) is 3.39. The first-order chi connectivity index (χ1) is 8.33. The fourth-order valence-electron chi connectivity index (χ4n) is 2.53. The van der Waals surface area contributed by atoms with E-state index in [1.807, 2.05) is 12.1 Å². The van der Waals surface area contributed by atoms with Crippen LogP contribution in [-0.2, 0) is 6.42 Å². The molecule has 0 bridgehead atoms. The topological polar surface area (TPSA) is 38.1 Å². The van der Waals surface area contributed by atoms with Crippen LogP contribution in [0.25, 0.3) is 11.1 Å². The summed E-state index contributed by atoms with van der Waals surface area (Å²) < 4.78 is 5.78. The van der Waals surface area contributed by atoms with Gasteiger partial charge in [0.25, 0.3) is 0 Å². The summed E-state index contributed by atoms with van der Waals surface area (Å²) in [7, 11) is 0. The number of oxazole rings is 1. The lowest BCUT2D eigenvalue weighted by atomic mass is 10.0. The molecule has 1 unspecified atom stereocenters. The van der Waals surface area contributed by atoms with Gasteiger partial charge in [0.05, 0.1) is 0 Å². The van der Waals surface area contributed by atoms with Crippen LogP contribution in [0.4, 0.5) is 0 Å². The molecule has 0 saturated carbocycles. The van der Waals surface area contributed by atoms with Gasteiger partial charge in [-0.25, -0.2) is 4.98 Å². The summed E-state index contributed by atoms with van der Waals surface area (Å²) in [4.78, 5) is 4.59. The van der Waals surface area contributed by atoms with Gasteiger partial charge in [-0.3, -0.25) is 0 Å². The van der Waals surface area contributed by atoms with Crippen LogP contribution in [0, 0.1) is 12.8 Å². The van der Waals surface area contributed by atoms with Crippen molar-refractivity contribution >= 4 is 11.1 Å². The third-order valence-corrected chi connectivity index (χ3v) is 3.59. The van der Waals surface area contributed by atoms with E-state index < -0.39 is 0 Å². The van der Waals surface area contributed by atoms with E-state index in [0.717, 1.165) is 42.4 Å². The fraction of sp³-hybridized carbons (Fsp3) is 0.500. The van der Waals surface area contributed by atoms with Crippen LogP contribution in [0.15, 0.2) is 22.6 Å². The highest BCUT2D eigenvalue weighted by Gasteiger charge is 2.15. The summed E-state index contributed by atoms with van der Waals surface area (Å²) in [6.07, 6.45) is 3.43. The van der Waals surface area contributed by atoms with E-state index in [9.17, 15) is 0 Å². The number of hydrogen-bond acceptors (Lipinski definition) is 3. The van der Waals surface area contributed by atoms with Crippen molar-refractivity contribution in [3.8, 4) is 0 Å². The highest BCUT2D eigenvalue weighted by molar-refractivity contribution is 5.76. The van der Waals surface area contributed by atoms with Crippen molar-refractivity contribution in [1.29, 1.82) is 0 Å². The molecule has 3 heteroatoms. The molecular formula is C14H18N2O. The summed E-state index contributed by atoms with van der Waals surface area (Å²) in [6.45, 7) is 4.39. The Labute approximate surface area is 101 Å². The number of para-hydroxylation sites is 1. The zero-order valence-corrected chi connectivity index (χ0v) is 10.2. The smallest absolute Gasteiger partial charge is 0.195 e. The van der Waals surface area contributed by atoms with E-state index in [4.69, 9.17) is 4.42 Å². The fourth-order valence-corrected chi connectivity index (χ4v) is 2.53. The molecule has 0 aliphatic carbocycles. The van der Waals surface area contributed by atoms with Crippen molar-refractivity contribution in [3.63, 3.8) is 0 Å². The van der Waals surface area contributed by atoms with Crippen LogP contribution in [0.3, 0.4) is 0 Å². The molecule has 2 aromatic rings. The lowest BCUT2D eigenvalue weighted by molar-refractivity contribution is 0.466. The van der Waals surface area contributed by atoms with Gasteiger partial charge in [0, 0.05) is 6.42 Å². The van der Waals surface area contributed by atoms with Gasteiger partial charge in [-0.2, -0.15) is 0 Å². The predicted molar refractivity (Wildman–Crippen MR) is 68.0 cm³/mol. The molecule has 0 spiro atoms. The number of nitrogens with zero attached hydrogens (tertiary/aromatic N) is 1. The maximum Gasteiger partial charge on any atom is 0.195 e. The largest absolute Gasteiger partial charge is 0.441 e. The molecule has 0 amide bonds. The van der Waals surface area contributed by atoms with E-state index >= 15 is 0 Å². The van der Waals surface area contributed by atoms with Crippen molar-refractivity contribution in [1.82, 2.24) is 10.3 Å². The van der Waals surface area contributed by atoms with Crippen molar-refractivity contribution in [2.45, 2.75) is 26.2 Å². The highest BCUT2D eigenvalue weighted by Crippen LogP contribution is 2.21. The van der Waals surface area contributed by atoms with Gasteiger partial charge in [-0.15, -0.1) is 0 Å². The Morgan fingerprint density at radius 3 is 3.18 bits per heavy atom. The van der Waals surface area contributed by atoms with Gasteiger partial charge in [-0.05, 0) is 50.4 Å². The first-order valence-electron chi connectivity index (χ1n) is 6.38. The molecule has 0 radical (unpaired) electrons. The molecule has 3 nitrogen and oxygen atoms in total. The number of nitrogens with one attached hydrogen (secondary N) is 1. The molecule has 1 aromatic heterocycles. The first kappa shape index (κ1) is 10.8. The molecule has 3 rings (SSSR count). The van der Waals surface area contributed by atoms with Gasteiger partial charge in [-0.1, -0.05) is 12.1 Å². The first-order valence-corrected chi connectivity index (χ1v) is 6.38. The maximum atomic E-state index is 5.78. The van der Waals surface area contributed by atoms with Crippen LogP contribution >= 0.6 is 0 Å². The molecular weight excluding hydrogens is 212 g/mol. The summed E-state index contributed by atoms with van der Waals surface area (Å²) in [6, 6.07) is 6.10. The second-order valence-electron chi connectivity index (χ2n) is 4.93. The predicted octanol–water partition coefficient (Wildman–Crippen LogP) is 2.68. The Balaban J connectivity index is 1.74. The third-order valence-electron chi connectivity index (χ3n) is 3.59. The zero-order valence-electron chi connectivity index (χ0n) is 10.2. The molecule has 1 aromatic carbocycles. The van der Waals surface area contributed by atoms with Crippen LogP contribution in [0.5, 0.6) is 0 Å². The van der Waals surface area contributed by atoms with Crippen molar-refractivity contribution in [3.05, 3.63) is 29.7 Å². The van der Waals surface area contributed by atoms with E-state index in [2.05, 4.69) is 23.3 Å². The Bertz CT molecular complexity index is 512. The number of benzene rings is 1. The van der Waals surface area contributed by atoms with E-state index in [0.29, 0.717) is 0 Å². The number of hydrogen-bond donors (Lipinski definition) is 1. The summed E-state index contributed by atoms with van der Waals surface area (Å²) in [5.74, 6) is 1.69. The van der Waals surface area contributed by atoms with Gasteiger partial charge in [0.2, 0.25) is 0 Å². The maximum absolute atomic E-state index is 5.78. The average Bonchev–Trinajstić information content (AvgIpc) is 2.95. The standard InChI is InChI=1S/C14H18N2O/c1-10-3-2-4-12-14(10)16-13(17-12)6-5-11-7-8-15-9-11/h2-4,11,15H,5-9H2,1H3. The van der Waals surface area contributed by atoms with Crippen LogP contribution in [0.2, 0.25) is 0 Å². The lowest BCUT2D eigenvalue weighted by Crippen LogP contribution is -2.09. The monoisotopic (exact) mass is 230 g/mol. The van der Waals surface area contributed by atoms with Crippen molar-refractivity contribution in [2.24, 2.45) is 5.92 Å². The minimum absolute atomic E-state index is 0.797. The molecule has 1 saturated heterocycles. The molecule has 90 valence electrons. The van der Waals surface area contributed by atoms with Gasteiger partial charge >= 0.3 is 0 Å². The number of fused-ring (bicyclic) bond motifs is 1. The highest BCUT2D eigenvalue weighted by atomic mass is 16.3. The molecule has 1 atom stereocenters. The third kappa shape index (κ3) is 2.20. The van der Waals surface area contributed by atoms with E-state index in [1.54, 1.807) is 0 Å². The van der Waals surface area contributed by atoms with Crippen molar-refractivity contribution in [2.75, 3.05) is 13.1 Å². The minimum Gasteiger partial charge on any atom is -0.441 e. The Morgan fingerprint density at radius 2 is 2.41 bits per heavy atom. The molecule has 1 aliphatic heterocycles. The Morgan fingerprint density at radius 1 is 1.47 bits per heavy atom. The summed E-state index contributed by atoms with van der Waals surface area (Å²) in [5.41, 5.74) is 3.14. The molecule has 1 aliphatic rings. The zero-order chi connectivity index (χ0) is 11.7. The molecule has 1 N–H and O–H groups in total. The van der Waals surface area contributed by atoms with Crippen LogP contribution in [0.1, 0.15) is 24.3 Å². The number of aryl methyl sites for hydroxylation is 2. The molecule has 2 heterocycles. The van der Waals surface area contributed by atoms with Gasteiger partial charge in [0.15, 0.2) is 11.5 Å². The van der Waals surface area contributed by atoms with E-state index in [-0.39, 0.29) is 0 Å². The normalized spacial score (nSPS) is 20.2. The van der Waals surface area contributed by atoms with Crippen molar-refractivity contribution < 1.29 is 4.42 Å². The Kier molecular flexibility index (Phi) is 2.85. The molecule has 1 fully saturated rings. The second-order valence-corrected chi connectivity index (χ2v) is 4.93. The SMILES string of the molecule is Cc1cccc2oc(CCC3CCNC3)nc12. The number of aromatic nitrogens is 1. The van der Waals surface area contributed by atoms with Crippen LogP contribution < -0.4 is 5.32 Å². The van der Waals surface area contributed by atoms with E-state index in [1.165, 1.54) is 18.4 Å². The van der Waals surface area contributed by atoms with Gasteiger partial charge < -0.3 is 9.73 Å². The summed E-state index contributed by atoms with van der Waals surface area (Å²) >= 11 is 0. The quantitative estimate of drug-likeness (QED) is 0.881. The number of rotatable bonds is 3. The molecule has 17 heavy (non-hydrogen) atoms. The average molecular weight is 230 g/mol. The minimum atomic E-state index is 0.797. The second kappa shape index (κ2) is 4.49. The van der Waals surface area contributed by atoms with Gasteiger partial charge in [0.1, 0.15) is 5.52 Å². The van der Waals surface area contributed by atoms with Crippen LogP contribution in [-0.4, -0.2) is 18.1 Å². The lowest BCUT2D eigenvalue weighted by Gasteiger charge is -2.04. The Hall–Kier alpha value is -1.35.